The van der Waals surface area contributed by atoms with E-state index >= 15 is 0 Å². The zero-order valence-electron chi connectivity index (χ0n) is 5.97. The van der Waals surface area contributed by atoms with E-state index in [2.05, 4.69) is 0 Å². The van der Waals surface area contributed by atoms with Gasteiger partial charge in [0.25, 0.3) is 5.62 Å². The molecule has 0 aliphatic rings. The van der Waals surface area contributed by atoms with Crippen LogP contribution in [0.5, 0.6) is 0 Å². The maximum atomic E-state index is 9.90. The normalized spacial score (nSPS) is 12.3. The van der Waals surface area contributed by atoms with Gasteiger partial charge in [0.15, 0.2) is 0 Å². The van der Waals surface area contributed by atoms with Crippen molar-refractivity contribution in [1.82, 2.24) is 0 Å². The quantitative estimate of drug-likeness (QED) is 0.563. The van der Waals surface area contributed by atoms with Gasteiger partial charge in [-0.05, 0) is 20.8 Å². The lowest BCUT2D eigenvalue weighted by Gasteiger charge is -2.13. The van der Waals surface area contributed by atoms with Crippen molar-refractivity contribution in [3.63, 3.8) is 0 Å². The minimum Gasteiger partial charge on any atom is -0.277 e. The van der Waals surface area contributed by atoms with E-state index in [9.17, 15) is 4.79 Å². The highest BCUT2D eigenvalue weighted by atomic mass is 32.2. The summed E-state index contributed by atoms with van der Waals surface area (Å²) in [4.78, 5) is 9.90. The summed E-state index contributed by atoms with van der Waals surface area (Å²) >= 11 is 1.17. The summed E-state index contributed by atoms with van der Waals surface area (Å²) in [6.07, 6.45) is 3.91. The Balaban J connectivity index is 3.84. The first kappa shape index (κ1) is 8.76. The first-order valence-electron chi connectivity index (χ1n) is 2.81. The van der Waals surface area contributed by atoms with E-state index < -0.39 is 0 Å². The molecule has 0 aliphatic heterocycles. The number of carbonyl (C=O) groups excluding carboxylic acids is 1. The zero-order valence-corrected chi connectivity index (χ0v) is 6.79. The number of hydrogen-bond donors (Lipinski definition) is 0. The fraction of sp³-hybridized carbons (Fsp3) is 0.571. The molecular weight excluding hydrogens is 132 g/mol. The zero-order chi connectivity index (χ0) is 7.33. The average molecular weight is 143 g/mol. The van der Waals surface area contributed by atoms with Crippen LogP contribution in [-0.4, -0.2) is 10.4 Å². The van der Waals surface area contributed by atoms with Gasteiger partial charge in [0.1, 0.15) is 0 Å². The van der Waals surface area contributed by atoms with E-state index in [-0.39, 0.29) is 4.75 Å². The van der Waals surface area contributed by atoms with Crippen molar-refractivity contribution in [2.45, 2.75) is 25.5 Å². The molecule has 0 saturated heterocycles. The molecule has 0 saturated carbocycles. The fourth-order valence-electron chi connectivity index (χ4n) is 0.543. The Hall–Kier alpha value is -0.240. The maximum absolute atomic E-state index is 9.90. The number of rotatable bonds is 3. The van der Waals surface area contributed by atoms with Gasteiger partial charge in [-0.1, -0.05) is 23.9 Å². The first-order valence-corrected chi connectivity index (χ1v) is 3.63. The van der Waals surface area contributed by atoms with Crippen LogP contribution in [0.25, 0.3) is 0 Å². The van der Waals surface area contributed by atoms with Crippen LogP contribution < -0.4 is 0 Å². The molecule has 0 heterocycles. The molecule has 1 radical (unpaired) electrons. The summed E-state index contributed by atoms with van der Waals surface area (Å²) in [5, 5.41) is 0. The van der Waals surface area contributed by atoms with E-state index in [0.29, 0.717) is 0 Å². The third-order valence-corrected chi connectivity index (χ3v) is 1.62. The molecule has 0 rings (SSSR count). The number of allylic oxidation sites excluding steroid dienone is 1. The van der Waals surface area contributed by atoms with Crippen LogP contribution in [0.4, 0.5) is 0 Å². The molecule has 2 heteroatoms. The Morgan fingerprint density at radius 1 is 1.56 bits per heavy atom. The van der Waals surface area contributed by atoms with Crippen molar-refractivity contribution in [3.05, 3.63) is 12.2 Å². The molecule has 0 fully saturated rings. The summed E-state index contributed by atoms with van der Waals surface area (Å²) in [6, 6.07) is 0. The molecule has 51 valence electrons. The largest absolute Gasteiger partial charge is 0.277 e. The molecule has 0 amide bonds. The summed E-state index contributed by atoms with van der Waals surface area (Å²) < 4.78 is -0.0868. The SMILES string of the molecule is C/C=C/C(C)(C)S[C]=O. The third kappa shape index (κ3) is 4.28. The Morgan fingerprint density at radius 2 is 2.11 bits per heavy atom. The van der Waals surface area contributed by atoms with E-state index in [1.165, 1.54) is 11.8 Å². The second kappa shape index (κ2) is 3.72. The van der Waals surface area contributed by atoms with Gasteiger partial charge in [-0.3, -0.25) is 4.79 Å². The second-order valence-electron chi connectivity index (χ2n) is 2.29. The van der Waals surface area contributed by atoms with Gasteiger partial charge in [0.2, 0.25) is 0 Å². The van der Waals surface area contributed by atoms with Crippen LogP contribution in [0, 0.1) is 0 Å². The van der Waals surface area contributed by atoms with Crippen LogP contribution in [-0.2, 0) is 4.79 Å². The van der Waals surface area contributed by atoms with Crippen molar-refractivity contribution in [3.8, 4) is 0 Å². The average Bonchev–Trinajstić information content (AvgIpc) is 1.64. The Morgan fingerprint density at radius 3 is 2.44 bits per heavy atom. The summed E-state index contributed by atoms with van der Waals surface area (Å²) in [6.45, 7) is 5.89. The number of hydrogen-bond acceptors (Lipinski definition) is 2. The fourth-order valence-corrected chi connectivity index (χ4v) is 0.962. The van der Waals surface area contributed by atoms with Crippen LogP contribution in [0.1, 0.15) is 20.8 Å². The monoisotopic (exact) mass is 143 g/mol. The van der Waals surface area contributed by atoms with Crippen LogP contribution >= 0.6 is 11.8 Å². The smallest absolute Gasteiger partial charge is 0.266 e. The Bertz CT molecular complexity index is 116. The van der Waals surface area contributed by atoms with Crippen LogP contribution in [0.2, 0.25) is 0 Å². The molecule has 0 aliphatic carbocycles. The maximum Gasteiger partial charge on any atom is 0.266 e. The van der Waals surface area contributed by atoms with Crippen molar-refractivity contribution in [2.75, 3.05) is 0 Å². The summed E-state index contributed by atoms with van der Waals surface area (Å²) in [5.74, 6) is 0. The molecule has 0 aromatic rings. The minimum absolute atomic E-state index is 0.0868. The van der Waals surface area contributed by atoms with Crippen molar-refractivity contribution < 1.29 is 4.79 Å². The molecule has 0 spiro atoms. The molecule has 0 aromatic heterocycles. The number of thioether (sulfide) groups is 1. The molecule has 1 nitrogen and oxygen atoms in total. The lowest BCUT2D eigenvalue weighted by Crippen LogP contribution is -2.09. The van der Waals surface area contributed by atoms with Crippen molar-refractivity contribution in [2.24, 2.45) is 0 Å². The highest BCUT2D eigenvalue weighted by Crippen LogP contribution is 2.22. The van der Waals surface area contributed by atoms with Crippen molar-refractivity contribution in [1.29, 1.82) is 0 Å². The second-order valence-corrected chi connectivity index (χ2v) is 3.71. The van der Waals surface area contributed by atoms with Gasteiger partial charge < -0.3 is 0 Å². The standard InChI is InChI=1S/C7H11OS/c1-4-5-7(2,3)9-6-8/h4-5H,1-3H3/b5-4+. The van der Waals surface area contributed by atoms with Crippen molar-refractivity contribution >= 4 is 17.4 Å². The van der Waals surface area contributed by atoms with Gasteiger partial charge in [0.05, 0.1) is 0 Å². The first-order chi connectivity index (χ1) is 4.12. The molecule has 0 bridgehead atoms. The van der Waals surface area contributed by atoms with Crippen LogP contribution in [0.15, 0.2) is 12.2 Å². The molecule has 0 N–H and O–H groups in total. The Labute approximate surface area is 60.5 Å². The van der Waals surface area contributed by atoms with E-state index in [1.807, 2.05) is 38.5 Å². The van der Waals surface area contributed by atoms with E-state index in [4.69, 9.17) is 0 Å². The highest BCUT2D eigenvalue weighted by Gasteiger charge is 2.12. The summed E-state index contributed by atoms with van der Waals surface area (Å²) in [7, 11) is 0. The third-order valence-electron chi connectivity index (χ3n) is 0.873. The van der Waals surface area contributed by atoms with Gasteiger partial charge >= 0.3 is 0 Å². The van der Waals surface area contributed by atoms with Crippen LogP contribution in [0.3, 0.4) is 0 Å². The lowest BCUT2D eigenvalue weighted by atomic mass is 10.2. The van der Waals surface area contributed by atoms with Gasteiger partial charge in [-0.2, -0.15) is 0 Å². The van der Waals surface area contributed by atoms with E-state index in [0.717, 1.165) is 0 Å². The molecule has 0 atom stereocenters. The highest BCUT2D eigenvalue weighted by molar-refractivity contribution is 8.13. The predicted octanol–water partition coefficient (Wildman–Crippen LogP) is 2.14. The molecule has 0 aromatic carbocycles. The van der Waals surface area contributed by atoms with Gasteiger partial charge in [-0.25, -0.2) is 0 Å². The topological polar surface area (TPSA) is 17.1 Å². The van der Waals surface area contributed by atoms with Gasteiger partial charge in [0, 0.05) is 4.75 Å². The van der Waals surface area contributed by atoms with E-state index in [1.54, 1.807) is 0 Å². The predicted molar refractivity (Wildman–Crippen MR) is 42.2 cm³/mol. The minimum atomic E-state index is -0.0868. The molecule has 9 heavy (non-hydrogen) atoms. The molecule has 0 unspecified atom stereocenters. The lowest BCUT2D eigenvalue weighted by molar-refractivity contribution is 0.569. The Kier molecular flexibility index (Phi) is 3.62. The molecular formula is C7H11OS. The summed E-state index contributed by atoms with van der Waals surface area (Å²) in [5.41, 5.74) is 1.81. The van der Waals surface area contributed by atoms with Gasteiger partial charge in [-0.15, -0.1) is 0 Å².